The molecule has 3 heterocycles. The molecule has 5 rings (SSSR count). The summed E-state index contributed by atoms with van der Waals surface area (Å²) in [7, 11) is 0. The van der Waals surface area contributed by atoms with E-state index in [2.05, 4.69) is 22.4 Å². The molecule has 4 aromatic rings. The number of nitrogens with one attached hydrogen (secondary N) is 1. The second-order valence-electron chi connectivity index (χ2n) is 7.37. The predicted molar refractivity (Wildman–Crippen MR) is 115 cm³/mol. The molecule has 0 aliphatic carbocycles. The van der Waals surface area contributed by atoms with E-state index in [1.165, 1.54) is 5.56 Å². The number of aliphatic hydroxyl groups excluding tert-OH is 1. The maximum atomic E-state index is 10.9. The number of aromatic nitrogens is 1. The number of furan rings is 1. The maximum Gasteiger partial charge on any atom is 0.226 e. The fourth-order valence-electron chi connectivity index (χ4n) is 3.73. The molecule has 1 aliphatic heterocycles. The first-order chi connectivity index (χ1) is 14.2. The lowest BCUT2D eigenvalue weighted by Crippen LogP contribution is -2.25. The van der Waals surface area contributed by atoms with Gasteiger partial charge < -0.3 is 19.3 Å². The molecule has 1 aliphatic rings. The molecule has 0 amide bonds. The minimum atomic E-state index is -0.972. The van der Waals surface area contributed by atoms with Crippen LogP contribution in [0.5, 0.6) is 0 Å². The Hall–Kier alpha value is -2.54. The minimum absolute atomic E-state index is 0.475. The fraction of sp³-hybridized carbons (Fsp3) is 0.261. The lowest BCUT2D eigenvalue weighted by Gasteiger charge is -2.08. The number of oxazole rings is 1. The van der Waals surface area contributed by atoms with Crippen LogP contribution < -0.4 is 5.32 Å². The SMILES string of the molecule is Cc1oc(-c2ccccc2)nc1C(O)c1cc2cc(CC3CSCN3)ccc2o1. The average molecular weight is 407 g/mol. The summed E-state index contributed by atoms with van der Waals surface area (Å²) in [4.78, 5) is 4.53. The first-order valence-electron chi connectivity index (χ1n) is 9.71. The number of rotatable bonds is 5. The zero-order valence-corrected chi connectivity index (χ0v) is 16.9. The van der Waals surface area contributed by atoms with E-state index in [0.717, 1.165) is 34.6 Å². The van der Waals surface area contributed by atoms with Gasteiger partial charge >= 0.3 is 0 Å². The van der Waals surface area contributed by atoms with Crippen LogP contribution in [0.25, 0.3) is 22.4 Å². The van der Waals surface area contributed by atoms with Crippen LogP contribution in [0, 0.1) is 6.92 Å². The molecule has 5 nitrogen and oxygen atoms in total. The smallest absolute Gasteiger partial charge is 0.226 e. The first kappa shape index (κ1) is 18.5. The molecule has 1 saturated heterocycles. The van der Waals surface area contributed by atoms with Crippen molar-refractivity contribution in [3.8, 4) is 11.5 Å². The maximum absolute atomic E-state index is 10.9. The summed E-state index contributed by atoms with van der Waals surface area (Å²) in [6.45, 7) is 1.81. The van der Waals surface area contributed by atoms with Gasteiger partial charge in [-0.1, -0.05) is 24.3 Å². The number of thioether (sulfide) groups is 1. The third-order valence-corrected chi connectivity index (χ3v) is 6.27. The van der Waals surface area contributed by atoms with Crippen molar-refractivity contribution in [1.29, 1.82) is 0 Å². The van der Waals surface area contributed by atoms with Crippen molar-refractivity contribution in [3.05, 3.63) is 77.4 Å². The molecule has 0 saturated carbocycles. The van der Waals surface area contributed by atoms with Crippen LogP contribution >= 0.6 is 11.8 Å². The fourth-order valence-corrected chi connectivity index (χ4v) is 4.72. The molecular formula is C23H22N2O3S. The van der Waals surface area contributed by atoms with Gasteiger partial charge in [0.05, 0.1) is 0 Å². The van der Waals surface area contributed by atoms with E-state index in [1.54, 1.807) is 0 Å². The van der Waals surface area contributed by atoms with Crippen molar-refractivity contribution in [2.24, 2.45) is 0 Å². The van der Waals surface area contributed by atoms with Gasteiger partial charge in [-0.25, -0.2) is 4.98 Å². The standard InChI is InChI=1S/C23H22N2O3S/c1-14-21(25-23(27-14)16-5-3-2-4-6-16)22(26)20-11-17-9-15(7-8-19(17)28-20)10-18-12-29-13-24-18/h2-9,11,18,22,24,26H,10,12-13H2,1H3. The number of nitrogens with zero attached hydrogens (tertiary/aromatic N) is 1. The molecule has 29 heavy (non-hydrogen) atoms. The summed E-state index contributed by atoms with van der Waals surface area (Å²) in [6, 6.07) is 18.3. The summed E-state index contributed by atoms with van der Waals surface area (Å²) in [5, 5.41) is 15.4. The molecule has 0 spiro atoms. The van der Waals surface area contributed by atoms with Gasteiger partial charge in [0.25, 0.3) is 0 Å². The number of benzene rings is 2. The highest BCUT2D eigenvalue weighted by atomic mass is 32.2. The van der Waals surface area contributed by atoms with E-state index in [9.17, 15) is 5.11 Å². The number of fused-ring (bicyclic) bond motifs is 1. The third-order valence-electron chi connectivity index (χ3n) is 5.26. The highest BCUT2D eigenvalue weighted by molar-refractivity contribution is 7.99. The zero-order chi connectivity index (χ0) is 19.8. The minimum Gasteiger partial charge on any atom is -0.458 e. The highest BCUT2D eigenvalue weighted by Crippen LogP contribution is 2.32. The van der Waals surface area contributed by atoms with E-state index in [0.29, 0.717) is 29.1 Å². The van der Waals surface area contributed by atoms with E-state index in [1.807, 2.05) is 61.2 Å². The van der Waals surface area contributed by atoms with Crippen molar-refractivity contribution in [2.45, 2.75) is 25.5 Å². The molecule has 1 fully saturated rings. The van der Waals surface area contributed by atoms with Crippen molar-refractivity contribution in [3.63, 3.8) is 0 Å². The zero-order valence-electron chi connectivity index (χ0n) is 16.1. The molecule has 2 atom stereocenters. The Morgan fingerprint density at radius 2 is 2.03 bits per heavy atom. The molecule has 148 valence electrons. The Labute approximate surface area is 173 Å². The number of aryl methyl sites for hydroxylation is 1. The van der Waals surface area contributed by atoms with Crippen LogP contribution in [-0.4, -0.2) is 27.8 Å². The Morgan fingerprint density at radius 1 is 1.17 bits per heavy atom. The van der Waals surface area contributed by atoms with Gasteiger partial charge in [0.1, 0.15) is 22.8 Å². The highest BCUT2D eigenvalue weighted by Gasteiger charge is 2.23. The Balaban J connectivity index is 1.42. The molecule has 2 aromatic carbocycles. The van der Waals surface area contributed by atoms with Crippen molar-refractivity contribution in [1.82, 2.24) is 10.3 Å². The summed E-state index contributed by atoms with van der Waals surface area (Å²) in [5.41, 5.74) is 3.39. The van der Waals surface area contributed by atoms with Gasteiger partial charge in [0.15, 0.2) is 6.10 Å². The molecule has 6 heteroatoms. The van der Waals surface area contributed by atoms with Crippen LogP contribution in [-0.2, 0) is 6.42 Å². The van der Waals surface area contributed by atoms with Gasteiger partial charge in [-0.15, -0.1) is 11.8 Å². The molecule has 2 N–H and O–H groups in total. The normalized spacial score (nSPS) is 17.8. The molecule has 2 aromatic heterocycles. The Morgan fingerprint density at radius 3 is 2.83 bits per heavy atom. The van der Waals surface area contributed by atoms with Gasteiger partial charge in [0, 0.05) is 28.6 Å². The van der Waals surface area contributed by atoms with Crippen molar-refractivity contribution in [2.75, 3.05) is 11.6 Å². The Kier molecular flexibility index (Phi) is 4.91. The van der Waals surface area contributed by atoms with Gasteiger partial charge in [-0.3, -0.25) is 0 Å². The third kappa shape index (κ3) is 3.71. The number of hydrogen-bond donors (Lipinski definition) is 2. The first-order valence-corrected chi connectivity index (χ1v) is 10.9. The van der Waals surface area contributed by atoms with E-state index >= 15 is 0 Å². The quantitative estimate of drug-likeness (QED) is 0.501. The Bertz CT molecular complexity index is 1130. The van der Waals surface area contributed by atoms with Gasteiger partial charge in [-0.05, 0) is 49.2 Å². The van der Waals surface area contributed by atoms with Crippen LogP contribution in [0.1, 0.15) is 28.9 Å². The lowest BCUT2D eigenvalue weighted by molar-refractivity contribution is 0.186. The summed E-state index contributed by atoms with van der Waals surface area (Å²) < 4.78 is 11.7. The van der Waals surface area contributed by atoms with Crippen molar-refractivity contribution < 1.29 is 13.9 Å². The summed E-state index contributed by atoms with van der Waals surface area (Å²) >= 11 is 1.93. The van der Waals surface area contributed by atoms with Crippen LogP contribution in [0.3, 0.4) is 0 Å². The second-order valence-corrected chi connectivity index (χ2v) is 8.40. The molecule has 2 unspecified atom stereocenters. The van der Waals surface area contributed by atoms with Gasteiger partial charge in [-0.2, -0.15) is 0 Å². The average Bonchev–Trinajstić information content (AvgIpc) is 3.47. The van der Waals surface area contributed by atoms with Crippen LogP contribution in [0.15, 0.2) is 63.4 Å². The van der Waals surface area contributed by atoms with Gasteiger partial charge in [0.2, 0.25) is 5.89 Å². The second kappa shape index (κ2) is 7.71. The van der Waals surface area contributed by atoms with Crippen LogP contribution in [0.2, 0.25) is 0 Å². The lowest BCUT2D eigenvalue weighted by atomic mass is 10.1. The topological polar surface area (TPSA) is 71.4 Å². The monoisotopic (exact) mass is 406 g/mol. The van der Waals surface area contributed by atoms with E-state index in [-0.39, 0.29) is 0 Å². The largest absolute Gasteiger partial charge is 0.458 e. The molecule has 0 bridgehead atoms. The molecule has 0 radical (unpaired) electrons. The summed E-state index contributed by atoms with van der Waals surface area (Å²) in [6.07, 6.45) is 0.0226. The van der Waals surface area contributed by atoms with Crippen molar-refractivity contribution >= 4 is 22.7 Å². The van der Waals surface area contributed by atoms with E-state index in [4.69, 9.17) is 8.83 Å². The molecular weight excluding hydrogens is 384 g/mol. The number of hydrogen-bond acceptors (Lipinski definition) is 6. The van der Waals surface area contributed by atoms with Crippen LogP contribution in [0.4, 0.5) is 0 Å². The predicted octanol–water partition coefficient (Wildman–Crippen LogP) is 4.68. The summed E-state index contributed by atoms with van der Waals surface area (Å²) in [5.74, 6) is 3.72. The number of aliphatic hydroxyl groups is 1. The van der Waals surface area contributed by atoms with E-state index < -0.39 is 6.10 Å².